The van der Waals surface area contributed by atoms with Gasteiger partial charge in [-0.1, -0.05) is 0 Å². The summed E-state index contributed by atoms with van der Waals surface area (Å²) in [4.78, 5) is 20.3. The third kappa shape index (κ3) is 3.64. The Morgan fingerprint density at radius 1 is 1.33 bits per heavy atom. The largest absolute Gasteiger partial charge is 0.378 e. The van der Waals surface area contributed by atoms with E-state index < -0.39 is 0 Å². The molecule has 6 heteroatoms. The van der Waals surface area contributed by atoms with Crippen molar-refractivity contribution in [2.45, 2.75) is 6.54 Å². The van der Waals surface area contributed by atoms with Crippen LogP contribution in [0.4, 0.5) is 5.69 Å². The molecule has 2 rings (SSSR count). The SMILES string of the molecule is CN(Cc1cc(Br)cn1C)C(=O)c1cc(N(C)C)ccn1. The van der Waals surface area contributed by atoms with Crippen LogP contribution >= 0.6 is 15.9 Å². The average molecular weight is 351 g/mol. The van der Waals surface area contributed by atoms with Crippen molar-refractivity contribution in [3.63, 3.8) is 0 Å². The van der Waals surface area contributed by atoms with E-state index >= 15 is 0 Å². The van der Waals surface area contributed by atoms with Gasteiger partial charge in [0, 0.05) is 56.4 Å². The van der Waals surface area contributed by atoms with Crippen LogP contribution in [0.1, 0.15) is 16.2 Å². The lowest BCUT2D eigenvalue weighted by molar-refractivity contribution is 0.0776. The maximum absolute atomic E-state index is 12.5. The van der Waals surface area contributed by atoms with Crippen molar-refractivity contribution in [3.05, 3.63) is 46.5 Å². The lowest BCUT2D eigenvalue weighted by atomic mass is 10.2. The van der Waals surface area contributed by atoms with Crippen molar-refractivity contribution in [1.29, 1.82) is 0 Å². The number of hydrogen-bond donors (Lipinski definition) is 0. The monoisotopic (exact) mass is 350 g/mol. The van der Waals surface area contributed by atoms with E-state index in [0.717, 1.165) is 15.9 Å². The van der Waals surface area contributed by atoms with Gasteiger partial charge in [-0.2, -0.15) is 0 Å². The molecule has 0 unspecified atom stereocenters. The van der Waals surface area contributed by atoms with Crippen LogP contribution < -0.4 is 4.90 Å². The fraction of sp³-hybridized carbons (Fsp3) is 0.333. The van der Waals surface area contributed by atoms with Gasteiger partial charge < -0.3 is 14.4 Å². The summed E-state index contributed by atoms with van der Waals surface area (Å²) in [5, 5.41) is 0. The van der Waals surface area contributed by atoms with E-state index in [4.69, 9.17) is 0 Å². The molecule has 2 aromatic rings. The van der Waals surface area contributed by atoms with Gasteiger partial charge in [0.1, 0.15) is 5.69 Å². The number of aryl methyl sites for hydroxylation is 1. The Hall–Kier alpha value is -1.82. The first-order valence-electron chi connectivity index (χ1n) is 6.58. The zero-order valence-corrected chi connectivity index (χ0v) is 14.3. The summed E-state index contributed by atoms with van der Waals surface area (Å²) in [5.41, 5.74) is 2.47. The van der Waals surface area contributed by atoms with E-state index in [2.05, 4.69) is 20.9 Å². The van der Waals surface area contributed by atoms with Gasteiger partial charge in [0.25, 0.3) is 5.91 Å². The molecule has 112 valence electrons. The normalized spacial score (nSPS) is 10.5. The van der Waals surface area contributed by atoms with Gasteiger partial charge in [0.2, 0.25) is 0 Å². The number of halogens is 1. The Morgan fingerprint density at radius 3 is 2.62 bits per heavy atom. The van der Waals surface area contributed by atoms with E-state index in [1.165, 1.54) is 0 Å². The van der Waals surface area contributed by atoms with Gasteiger partial charge in [-0.25, -0.2) is 0 Å². The molecule has 21 heavy (non-hydrogen) atoms. The number of aromatic nitrogens is 2. The van der Waals surface area contributed by atoms with Gasteiger partial charge in [-0.15, -0.1) is 0 Å². The van der Waals surface area contributed by atoms with E-state index in [9.17, 15) is 4.79 Å². The molecule has 0 saturated heterocycles. The van der Waals surface area contributed by atoms with E-state index in [1.54, 1.807) is 24.2 Å². The molecule has 2 aromatic heterocycles. The maximum Gasteiger partial charge on any atom is 0.272 e. The summed E-state index contributed by atoms with van der Waals surface area (Å²) in [6.07, 6.45) is 3.63. The number of carbonyl (C=O) groups is 1. The summed E-state index contributed by atoms with van der Waals surface area (Å²) in [6, 6.07) is 5.69. The first-order valence-corrected chi connectivity index (χ1v) is 7.37. The molecule has 0 spiro atoms. The maximum atomic E-state index is 12.5. The highest BCUT2D eigenvalue weighted by Gasteiger charge is 2.15. The van der Waals surface area contributed by atoms with Crippen molar-refractivity contribution in [3.8, 4) is 0 Å². The summed E-state index contributed by atoms with van der Waals surface area (Å²) in [5.74, 6) is -0.0870. The first kappa shape index (κ1) is 15.6. The fourth-order valence-electron chi connectivity index (χ4n) is 2.05. The lowest BCUT2D eigenvalue weighted by Crippen LogP contribution is -2.28. The van der Waals surface area contributed by atoms with Crippen LogP contribution in [0.3, 0.4) is 0 Å². The molecule has 0 saturated carbocycles. The van der Waals surface area contributed by atoms with Crippen molar-refractivity contribution >= 4 is 27.5 Å². The highest BCUT2D eigenvalue weighted by atomic mass is 79.9. The van der Waals surface area contributed by atoms with Gasteiger partial charge in [-0.3, -0.25) is 9.78 Å². The smallest absolute Gasteiger partial charge is 0.272 e. The molecule has 2 heterocycles. The van der Waals surface area contributed by atoms with Crippen LogP contribution in [-0.4, -0.2) is 41.5 Å². The molecule has 1 amide bonds. The molecule has 0 aromatic carbocycles. The number of carbonyl (C=O) groups excluding carboxylic acids is 1. The predicted octanol–water partition coefficient (Wildman–Crippen LogP) is 2.52. The second-order valence-electron chi connectivity index (χ2n) is 5.22. The molecular formula is C15H19BrN4O. The van der Waals surface area contributed by atoms with Crippen LogP contribution in [0.15, 0.2) is 35.1 Å². The standard InChI is InChI=1S/C15H19BrN4O/c1-18(2)12-5-6-17-14(8-12)15(21)20(4)10-13-7-11(16)9-19(13)3/h5-9H,10H2,1-4H3. The zero-order chi connectivity index (χ0) is 15.6. The second-order valence-corrected chi connectivity index (χ2v) is 6.13. The third-order valence-corrected chi connectivity index (χ3v) is 3.73. The molecule has 0 aliphatic heterocycles. The minimum absolute atomic E-state index is 0.0870. The molecular weight excluding hydrogens is 332 g/mol. The minimum Gasteiger partial charge on any atom is -0.378 e. The zero-order valence-electron chi connectivity index (χ0n) is 12.7. The minimum atomic E-state index is -0.0870. The van der Waals surface area contributed by atoms with Crippen molar-refractivity contribution in [1.82, 2.24) is 14.5 Å². The van der Waals surface area contributed by atoms with Crippen LogP contribution in [0.25, 0.3) is 0 Å². The Balaban J connectivity index is 2.15. The molecule has 0 bridgehead atoms. The lowest BCUT2D eigenvalue weighted by Gasteiger charge is -2.18. The van der Waals surface area contributed by atoms with E-state index in [1.807, 2.05) is 48.9 Å². The number of rotatable bonds is 4. The number of nitrogens with zero attached hydrogens (tertiary/aromatic N) is 4. The Labute approximate surface area is 133 Å². The summed E-state index contributed by atoms with van der Waals surface area (Å²) >= 11 is 3.44. The predicted molar refractivity (Wildman–Crippen MR) is 87.5 cm³/mol. The highest BCUT2D eigenvalue weighted by molar-refractivity contribution is 9.10. The van der Waals surface area contributed by atoms with Gasteiger partial charge in [0.05, 0.1) is 6.54 Å². The van der Waals surface area contributed by atoms with Crippen LogP contribution in [0, 0.1) is 0 Å². The molecule has 0 aliphatic rings. The molecule has 0 fully saturated rings. The second kappa shape index (κ2) is 6.30. The molecule has 0 N–H and O–H groups in total. The number of anilines is 1. The summed E-state index contributed by atoms with van der Waals surface area (Å²) < 4.78 is 3.01. The highest BCUT2D eigenvalue weighted by Crippen LogP contribution is 2.17. The quantitative estimate of drug-likeness (QED) is 0.850. The van der Waals surface area contributed by atoms with Crippen molar-refractivity contribution in [2.24, 2.45) is 7.05 Å². The molecule has 0 radical (unpaired) electrons. The van der Waals surface area contributed by atoms with Gasteiger partial charge in [0.15, 0.2) is 0 Å². The summed E-state index contributed by atoms with van der Waals surface area (Å²) in [6.45, 7) is 0.537. The third-order valence-electron chi connectivity index (χ3n) is 3.30. The Morgan fingerprint density at radius 2 is 2.05 bits per heavy atom. The van der Waals surface area contributed by atoms with Crippen molar-refractivity contribution < 1.29 is 4.79 Å². The number of amides is 1. The Bertz CT molecular complexity index is 651. The van der Waals surface area contributed by atoms with Crippen LogP contribution in [0.5, 0.6) is 0 Å². The number of pyridine rings is 1. The van der Waals surface area contributed by atoms with Gasteiger partial charge in [-0.05, 0) is 34.1 Å². The van der Waals surface area contributed by atoms with E-state index in [0.29, 0.717) is 12.2 Å². The Kier molecular flexibility index (Phi) is 4.67. The van der Waals surface area contributed by atoms with Crippen LogP contribution in [-0.2, 0) is 13.6 Å². The van der Waals surface area contributed by atoms with Crippen LogP contribution in [0.2, 0.25) is 0 Å². The molecule has 0 aliphatic carbocycles. The summed E-state index contributed by atoms with van der Waals surface area (Å²) in [7, 11) is 7.63. The van der Waals surface area contributed by atoms with E-state index in [-0.39, 0.29) is 5.91 Å². The number of hydrogen-bond acceptors (Lipinski definition) is 3. The van der Waals surface area contributed by atoms with Gasteiger partial charge >= 0.3 is 0 Å². The fourth-order valence-corrected chi connectivity index (χ4v) is 2.62. The molecule has 5 nitrogen and oxygen atoms in total. The van der Waals surface area contributed by atoms with Crippen molar-refractivity contribution in [2.75, 3.05) is 26.0 Å². The topological polar surface area (TPSA) is 41.4 Å². The molecule has 0 atom stereocenters. The first-order chi connectivity index (χ1) is 9.88. The average Bonchev–Trinajstić information content (AvgIpc) is 2.76.